The number of carbonyl (C=O) groups excluding carboxylic acids is 1. The second kappa shape index (κ2) is 10.9. The summed E-state index contributed by atoms with van der Waals surface area (Å²) in [7, 11) is 0. The van der Waals surface area contributed by atoms with E-state index in [9.17, 15) is 4.79 Å². The average molecular weight is 506 g/mol. The highest BCUT2D eigenvalue weighted by Gasteiger charge is 2.19. The van der Waals surface area contributed by atoms with Crippen molar-refractivity contribution < 1.29 is 4.79 Å². The lowest BCUT2D eigenvalue weighted by atomic mass is 9.87. The molecule has 8 heteroatoms. The lowest BCUT2D eigenvalue weighted by molar-refractivity contribution is -0.113. The minimum absolute atomic E-state index is 0.0438. The summed E-state index contributed by atoms with van der Waals surface area (Å²) in [6, 6.07) is 14.2. The number of carbonyl (C=O) groups is 1. The molecule has 35 heavy (non-hydrogen) atoms. The number of amides is 1. The molecule has 2 aromatic heterocycles. The van der Waals surface area contributed by atoms with Crippen LogP contribution in [0.25, 0.3) is 20.8 Å². The second-order valence-electron chi connectivity index (χ2n) is 9.26. The predicted octanol–water partition coefficient (Wildman–Crippen LogP) is 6.74. The van der Waals surface area contributed by atoms with E-state index in [1.54, 1.807) is 11.3 Å². The van der Waals surface area contributed by atoms with Crippen molar-refractivity contribution in [1.29, 1.82) is 0 Å². The van der Waals surface area contributed by atoms with Crippen molar-refractivity contribution in [2.24, 2.45) is 5.92 Å². The Labute approximate surface area is 214 Å². The fourth-order valence-electron chi connectivity index (χ4n) is 4.72. The number of benzene rings is 2. The molecule has 6 nitrogen and oxygen atoms in total. The van der Waals surface area contributed by atoms with Crippen LogP contribution in [0.15, 0.2) is 47.6 Å². The maximum absolute atomic E-state index is 12.6. The third kappa shape index (κ3) is 5.76. The van der Waals surface area contributed by atoms with E-state index in [0.29, 0.717) is 11.7 Å². The summed E-state index contributed by atoms with van der Waals surface area (Å²) in [5.41, 5.74) is 4.09. The van der Waals surface area contributed by atoms with Gasteiger partial charge in [-0.2, -0.15) is 0 Å². The van der Waals surface area contributed by atoms with Gasteiger partial charge in [-0.05, 0) is 61.7 Å². The molecule has 0 bridgehead atoms. The second-order valence-corrected chi connectivity index (χ2v) is 11.2. The fraction of sp³-hybridized carbons (Fsp3) is 0.407. The molecule has 0 spiro atoms. The molecule has 4 aromatic rings. The van der Waals surface area contributed by atoms with Gasteiger partial charge in [-0.1, -0.05) is 49.9 Å². The molecule has 1 aliphatic carbocycles. The van der Waals surface area contributed by atoms with E-state index in [1.165, 1.54) is 54.1 Å². The van der Waals surface area contributed by atoms with Gasteiger partial charge in [-0.25, -0.2) is 4.98 Å². The van der Waals surface area contributed by atoms with Crippen molar-refractivity contribution in [3.05, 3.63) is 53.9 Å². The zero-order valence-corrected chi connectivity index (χ0v) is 21.9. The third-order valence-electron chi connectivity index (χ3n) is 6.60. The van der Waals surface area contributed by atoms with Crippen LogP contribution in [0.3, 0.4) is 0 Å². The number of fused-ring (bicyclic) bond motifs is 1. The van der Waals surface area contributed by atoms with Gasteiger partial charge >= 0.3 is 0 Å². The van der Waals surface area contributed by atoms with Crippen LogP contribution in [0.1, 0.15) is 50.4 Å². The van der Waals surface area contributed by atoms with Crippen molar-refractivity contribution in [3.8, 4) is 10.6 Å². The SMILES string of the molecule is CCn1c(CC2CCCCC2)nnc1SCC(=O)Nc1ccc(-c2nc3ccc(C)cc3s2)cc1. The molecule has 0 unspecified atom stereocenters. The first kappa shape index (κ1) is 24.0. The topological polar surface area (TPSA) is 72.7 Å². The standard InChI is InChI=1S/C27H31N5OS2/c1-3-32-24(16-19-7-5-4-6-8-19)30-31-27(32)34-17-25(33)28-21-12-10-20(11-13-21)26-29-22-14-9-18(2)15-23(22)35-26/h9-15,19H,3-8,16-17H2,1-2H3,(H,28,33). The fourth-order valence-corrected chi connectivity index (χ4v) is 6.61. The van der Waals surface area contributed by atoms with Crippen molar-refractivity contribution in [2.45, 2.75) is 64.1 Å². The Kier molecular flexibility index (Phi) is 7.48. The van der Waals surface area contributed by atoms with E-state index in [4.69, 9.17) is 4.98 Å². The van der Waals surface area contributed by atoms with Crippen LogP contribution in [-0.2, 0) is 17.8 Å². The highest BCUT2D eigenvalue weighted by Crippen LogP contribution is 2.31. The normalized spacial score (nSPS) is 14.5. The number of hydrogen-bond acceptors (Lipinski definition) is 6. The molecule has 0 aliphatic heterocycles. The first-order valence-electron chi connectivity index (χ1n) is 12.4. The summed E-state index contributed by atoms with van der Waals surface area (Å²) < 4.78 is 3.36. The summed E-state index contributed by atoms with van der Waals surface area (Å²) in [5, 5.41) is 13.7. The molecule has 1 fully saturated rings. The van der Waals surface area contributed by atoms with E-state index in [1.807, 2.05) is 24.3 Å². The van der Waals surface area contributed by atoms with Crippen LogP contribution in [0.2, 0.25) is 0 Å². The van der Waals surface area contributed by atoms with Gasteiger partial charge < -0.3 is 9.88 Å². The van der Waals surface area contributed by atoms with Gasteiger partial charge in [0.05, 0.1) is 16.0 Å². The van der Waals surface area contributed by atoms with Gasteiger partial charge in [0.2, 0.25) is 5.91 Å². The molecule has 0 radical (unpaired) electrons. The van der Waals surface area contributed by atoms with E-state index < -0.39 is 0 Å². The number of nitrogens with one attached hydrogen (secondary N) is 1. The Morgan fingerprint density at radius 2 is 1.91 bits per heavy atom. The van der Waals surface area contributed by atoms with Gasteiger partial charge in [0.25, 0.3) is 0 Å². The molecule has 5 rings (SSSR count). The minimum Gasteiger partial charge on any atom is -0.325 e. The first-order chi connectivity index (χ1) is 17.1. The van der Waals surface area contributed by atoms with Gasteiger partial charge in [0, 0.05) is 24.2 Å². The van der Waals surface area contributed by atoms with Gasteiger partial charge in [-0.3, -0.25) is 4.79 Å². The van der Waals surface area contributed by atoms with Crippen molar-refractivity contribution >= 4 is 44.9 Å². The van der Waals surface area contributed by atoms with Gasteiger partial charge in [0.15, 0.2) is 5.16 Å². The zero-order chi connectivity index (χ0) is 24.2. The quantitative estimate of drug-likeness (QED) is 0.269. The number of nitrogens with zero attached hydrogens (tertiary/aromatic N) is 4. The summed E-state index contributed by atoms with van der Waals surface area (Å²) >= 11 is 3.14. The molecule has 1 amide bonds. The number of thioether (sulfide) groups is 1. The van der Waals surface area contributed by atoms with Crippen LogP contribution < -0.4 is 5.32 Å². The number of anilines is 1. The predicted molar refractivity (Wildman–Crippen MR) is 145 cm³/mol. The van der Waals surface area contributed by atoms with Crippen LogP contribution in [0.4, 0.5) is 5.69 Å². The lowest BCUT2D eigenvalue weighted by Gasteiger charge is -2.21. The Morgan fingerprint density at radius 3 is 2.69 bits per heavy atom. The monoisotopic (exact) mass is 505 g/mol. The Hall–Kier alpha value is -2.71. The number of aromatic nitrogens is 4. The van der Waals surface area contributed by atoms with Crippen molar-refractivity contribution in [2.75, 3.05) is 11.1 Å². The molecule has 0 atom stereocenters. The van der Waals surface area contributed by atoms with E-state index in [2.05, 4.69) is 52.1 Å². The van der Waals surface area contributed by atoms with Crippen LogP contribution >= 0.6 is 23.1 Å². The van der Waals surface area contributed by atoms with Gasteiger partial charge in [-0.15, -0.1) is 21.5 Å². The minimum atomic E-state index is -0.0438. The summed E-state index contributed by atoms with van der Waals surface area (Å²) in [5.74, 6) is 2.04. The van der Waals surface area contributed by atoms with E-state index >= 15 is 0 Å². The smallest absolute Gasteiger partial charge is 0.234 e. The number of hydrogen-bond donors (Lipinski definition) is 1. The summed E-state index contributed by atoms with van der Waals surface area (Å²) in [4.78, 5) is 17.4. The van der Waals surface area contributed by atoms with Crippen LogP contribution in [-0.4, -0.2) is 31.4 Å². The van der Waals surface area contributed by atoms with E-state index in [-0.39, 0.29) is 5.91 Å². The molecule has 2 heterocycles. The number of rotatable bonds is 8. The summed E-state index contributed by atoms with van der Waals surface area (Å²) in [6.07, 6.45) is 7.59. The zero-order valence-electron chi connectivity index (χ0n) is 20.3. The molecule has 1 N–H and O–H groups in total. The molecule has 1 saturated carbocycles. The maximum Gasteiger partial charge on any atom is 0.234 e. The third-order valence-corrected chi connectivity index (χ3v) is 8.63. The highest BCUT2D eigenvalue weighted by molar-refractivity contribution is 7.99. The molecular weight excluding hydrogens is 474 g/mol. The highest BCUT2D eigenvalue weighted by atomic mass is 32.2. The largest absolute Gasteiger partial charge is 0.325 e. The Balaban J connectivity index is 1.17. The Bertz CT molecular complexity index is 1310. The lowest BCUT2D eigenvalue weighted by Crippen LogP contribution is -2.15. The molecule has 0 saturated heterocycles. The number of thiazole rings is 1. The molecule has 1 aliphatic rings. The van der Waals surface area contributed by atoms with Gasteiger partial charge in [0.1, 0.15) is 10.8 Å². The Morgan fingerprint density at radius 1 is 1.11 bits per heavy atom. The van der Waals surface area contributed by atoms with Crippen molar-refractivity contribution in [3.63, 3.8) is 0 Å². The van der Waals surface area contributed by atoms with Crippen LogP contribution in [0, 0.1) is 12.8 Å². The van der Waals surface area contributed by atoms with E-state index in [0.717, 1.165) is 45.7 Å². The summed E-state index contributed by atoms with van der Waals surface area (Å²) in [6.45, 7) is 5.04. The number of aryl methyl sites for hydroxylation is 1. The van der Waals surface area contributed by atoms with Crippen LogP contribution in [0.5, 0.6) is 0 Å². The maximum atomic E-state index is 12.6. The first-order valence-corrected chi connectivity index (χ1v) is 14.2. The molecule has 182 valence electrons. The molecule has 2 aromatic carbocycles. The van der Waals surface area contributed by atoms with Crippen molar-refractivity contribution in [1.82, 2.24) is 19.7 Å². The molecular formula is C27H31N5OS2. The average Bonchev–Trinajstić information content (AvgIpc) is 3.47.